The second-order valence-electron chi connectivity index (χ2n) is 4.21. The Balaban J connectivity index is 2.40. The Hall–Kier alpha value is -1.66. The molecule has 1 amide bonds. The first-order valence-electron chi connectivity index (χ1n) is 6.49. The van der Waals surface area contributed by atoms with Crippen molar-refractivity contribution in [1.82, 2.24) is 10.6 Å². The van der Waals surface area contributed by atoms with Gasteiger partial charge in [0.1, 0.15) is 0 Å². The first kappa shape index (κ1) is 16.4. The molecule has 0 saturated carbocycles. The van der Waals surface area contributed by atoms with E-state index in [9.17, 15) is 9.18 Å². The summed E-state index contributed by atoms with van der Waals surface area (Å²) in [5, 5.41) is 5.61. The summed E-state index contributed by atoms with van der Waals surface area (Å²) in [5.74, 6) is -0.396. The molecule has 0 aliphatic carbocycles. The molecule has 0 spiro atoms. The van der Waals surface area contributed by atoms with Gasteiger partial charge in [0.05, 0.1) is 19.6 Å². The number of nitrogens with one attached hydrogen (secondary N) is 2. The fourth-order valence-corrected chi connectivity index (χ4v) is 1.56. The zero-order valence-electron chi connectivity index (χ0n) is 11.9. The maximum atomic E-state index is 13.8. The van der Waals surface area contributed by atoms with Crippen molar-refractivity contribution in [3.8, 4) is 5.75 Å². The van der Waals surface area contributed by atoms with Crippen LogP contribution in [-0.4, -0.2) is 39.8 Å². The molecule has 0 saturated heterocycles. The molecule has 0 heterocycles. The summed E-state index contributed by atoms with van der Waals surface area (Å²) in [6.07, 6.45) is 0.205. The molecule has 0 aliphatic rings. The summed E-state index contributed by atoms with van der Waals surface area (Å²) < 4.78 is 23.9. The molecule has 0 fully saturated rings. The number of halogens is 1. The van der Waals surface area contributed by atoms with Crippen LogP contribution in [-0.2, 0) is 16.1 Å². The number of rotatable bonds is 9. The van der Waals surface area contributed by atoms with Crippen molar-refractivity contribution in [3.63, 3.8) is 0 Å². The van der Waals surface area contributed by atoms with Crippen molar-refractivity contribution >= 4 is 5.91 Å². The fourth-order valence-electron chi connectivity index (χ4n) is 1.56. The molecule has 0 unspecified atom stereocenters. The molecule has 20 heavy (non-hydrogen) atoms. The molecule has 5 nitrogen and oxygen atoms in total. The van der Waals surface area contributed by atoms with E-state index in [1.165, 1.54) is 6.07 Å². The van der Waals surface area contributed by atoms with Crippen LogP contribution in [0.1, 0.15) is 12.0 Å². The molecule has 0 radical (unpaired) electrons. The first-order valence-corrected chi connectivity index (χ1v) is 6.49. The minimum absolute atomic E-state index is 0.135. The van der Waals surface area contributed by atoms with Gasteiger partial charge in [0.15, 0.2) is 11.6 Å². The molecule has 6 heteroatoms. The lowest BCUT2D eigenvalue weighted by Crippen LogP contribution is -2.20. The first-order chi connectivity index (χ1) is 9.67. The fraction of sp³-hybridized carbons (Fsp3) is 0.500. The van der Waals surface area contributed by atoms with Gasteiger partial charge in [0.2, 0.25) is 5.91 Å². The minimum Gasteiger partial charge on any atom is -0.490 e. The van der Waals surface area contributed by atoms with Crippen LogP contribution in [0, 0.1) is 5.82 Å². The van der Waals surface area contributed by atoms with Gasteiger partial charge in [-0.3, -0.25) is 4.79 Å². The number of methoxy groups -OCH3 is 1. The second kappa shape index (κ2) is 9.28. The Labute approximate surface area is 118 Å². The number of carbonyl (C=O) groups is 1. The van der Waals surface area contributed by atoms with Crippen molar-refractivity contribution in [2.24, 2.45) is 0 Å². The van der Waals surface area contributed by atoms with E-state index in [0.717, 1.165) is 5.56 Å². The Morgan fingerprint density at radius 2 is 2.15 bits per heavy atom. The maximum absolute atomic E-state index is 13.8. The summed E-state index contributed by atoms with van der Waals surface area (Å²) >= 11 is 0. The number of ether oxygens (including phenoxy) is 2. The lowest BCUT2D eigenvalue weighted by atomic mass is 10.2. The van der Waals surface area contributed by atoms with Crippen LogP contribution >= 0.6 is 0 Å². The molecule has 0 atom stereocenters. The lowest BCUT2D eigenvalue weighted by Gasteiger charge is -2.09. The summed E-state index contributed by atoms with van der Waals surface area (Å²) in [6.45, 7) is 2.05. The van der Waals surface area contributed by atoms with Gasteiger partial charge < -0.3 is 20.1 Å². The molecular formula is C14H21FN2O3. The monoisotopic (exact) mass is 284 g/mol. The molecule has 1 aromatic rings. The molecule has 1 aromatic carbocycles. The van der Waals surface area contributed by atoms with E-state index in [2.05, 4.69) is 10.6 Å². The van der Waals surface area contributed by atoms with Gasteiger partial charge in [-0.25, -0.2) is 4.39 Å². The zero-order valence-corrected chi connectivity index (χ0v) is 11.9. The molecule has 112 valence electrons. The number of hydrogen-bond donors (Lipinski definition) is 2. The van der Waals surface area contributed by atoms with Gasteiger partial charge in [-0.05, 0) is 17.7 Å². The predicted molar refractivity (Wildman–Crippen MR) is 74.2 cm³/mol. The van der Waals surface area contributed by atoms with Crippen LogP contribution in [0.15, 0.2) is 18.2 Å². The molecule has 0 aliphatic heterocycles. The third-order valence-electron chi connectivity index (χ3n) is 2.67. The van der Waals surface area contributed by atoms with E-state index in [1.54, 1.807) is 26.3 Å². The van der Waals surface area contributed by atoms with Crippen molar-refractivity contribution in [1.29, 1.82) is 0 Å². The smallest absolute Gasteiger partial charge is 0.223 e. The number of carbonyl (C=O) groups excluding carboxylic acids is 1. The SMILES string of the molecule is CNC(=O)CCOc1ccc(CNCCOC)cc1F. The highest BCUT2D eigenvalue weighted by molar-refractivity contribution is 5.75. The Kier molecular flexibility index (Phi) is 7.60. The van der Waals surface area contributed by atoms with Gasteiger partial charge in [-0.2, -0.15) is 0 Å². The average molecular weight is 284 g/mol. The van der Waals surface area contributed by atoms with Crippen molar-refractivity contribution in [2.75, 3.05) is 33.9 Å². The van der Waals surface area contributed by atoms with Crippen LogP contribution in [0.25, 0.3) is 0 Å². The van der Waals surface area contributed by atoms with Gasteiger partial charge in [0, 0.05) is 27.2 Å². The predicted octanol–water partition coefficient (Wildman–Crippen LogP) is 1.08. The largest absolute Gasteiger partial charge is 0.490 e. The summed E-state index contributed by atoms with van der Waals surface area (Å²) in [6, 6.07) is 4.79. The lowest BCUT2D eigenvalue weighted by molar-refractivity contribution is -0.121. The Morgan fingerprint density at radius 1 is 1.35 bits per heavy atom. The summed E-state index contributed by atoms with van der Waals surface area (Å²) in [4.78, 5) is 11.0. The average Bonchev–Trinajstić information content (AvgIpc) is 2.45. The number of amides is 1. The van der Waals surface area contributed by atoms with Gasteiger partial charge >= 0.3 is 0 Å². The minimum atomic E-state index is -0.423. The van der Waals surface area contributed by atoms with E-state index in [1.807, 2.05) is 0 Å². The van der Waals surface area contributed by atoms with Gasteiger partial charge in [-0.1, -0.05) is 6.07 Å². The Morgan fingerprint density at radius 3 is 2.80 bits per heavy atom. The molecule has 0 aromatic heterocycles. The topological polar surface area (TPSA) is 59.6 Å². The van der Waals surface area contributed by atoms with Crippen molar-refractivity contribution in [2.45, 2.75) is 13.0 Å². The van der Waals surface area contributed by atoms with Gasteiger partial charge in [-0.15, -0.1) is 0 Å². The summed E-state index contributed by atoms with van der Waals surface area (Å²) in [5.41, 5.74) is 0.831. The van der Waals surface area contributed by atoms with Gasteiger partial charge in [0.25, 0.3) is 0 Å². The summed E-state index contributed by atoms with van der Waals surface area (Å²) in [7, 11) is 3.18. The molecule has 2 N–H and O–H groups in total. The maximum Gasteiger partial charge on any atom is 0.223 e. The van der Waals surface area contributed by atoms with Crippen LogP contribution in [0.4, 0.5) is 4.39 Å². The highest BCUT2D eigenvalue weighted by atomic mass is 19.1. The normalized spacial score (nSPS) is 10.3. The number of hydrogen-bond acceptors (Lipinski definition) is 4. The van der Waals surface area contributed by atoms with Crippen LogP contribution in [0.5, 0.6) is 5.75 Å². The molecule has 1 rings (SSSR count). The molecular weight excluding hydrogens is 263 g/mol. The van der Waals surface area contributed by atoms with Crippen molar-refractivity contribution in [3.05, 3.63) is 29.6 Å². The van der Waals surface area contributed by atoms with E-state index >= 15 is 0 Å². The van der Waals surface area contributed by atoms with Crippen molar-refractivity contribution < 1.29 is 18.7 Å². The van der Waals surface area contributed by atoms with E-state index in [4.69, 9.17) is 9.47 Å². The van der Waals surface area contributed by atoms with Crippen LogP contribution < -0.4 is 15.4 Å². The van der Waals surface area contributed by atoms with Crippen LogP contribution in [0.3, 0.4) is 0 Å². The standard InChI is InChI=1S/C14H21FN2O3/c1-16-14(18)5-7-20-13-4-3-11(9-12(13)15)10-17-6-8-19-2/h3-4,9,17H,5-8,10H2,1-2H3,(H,16,18). The third kappa shape index (κ3) is 5.99. The highest BCUT2D eigenvalue weighted by Crippen LogP contribution is 2.18. The quantitative estimate of drug-likeness (QED) is 0.666. The van der Waals surface area contributed by atoms with E-state index in [0.29, 0.717) is 19.7 Å². The highest BCUT2D eigenvalue weighted by Gasteiger charge is 2.06. The van der Waals surface area contributed by atoms with E-state index < -0.39 is 5.82 Å². The molecule has 0 bridgehead atoms. The Bertz CT molecular complexity index is 427. The number of benzene rings is 1. The third-order valence-corrected chi connectivity index (χ3v) is 2.67. The van der Waals surface area contributed by atoms with Crippen LogP contribution in [0.2, 0.25) is 0 Å². The second-order valence-corrected chi connectivity index (χ2v) is 4.21. The zero-order chi connectivity index (χ0) is 14.8. The van der Waals surface area contributed by atoms with E-state index in [-0.39, 0.29) is 24.7 Å².